The molecule has 13 nitrogen and oxygen atoms in total. The lowest BCUT2D eigenvalue weighted by atomic mass is 9.74. The number of esters is 2. The highest BCUT2D eigenvalue weighted by Crippen LogP contribution is 2.63. The second kappa shape index (κ2) is 11.8. The summed E-state index contributed by atoms with van der Waals surface area (Å²) in [4.78, 5) is 33.2. The number of hydrogen-bond acceptors (Lipinski definition) is 13. The van der Waals surface area contributed by atoms with Gasteiger partial charge in [0.2, 0.25) is 6.79 Å². The number of aromatic amines is 1. The predicted molar refractivity (Wildman–Crippen MR) is 194 cm³/mol. The van der Waals surface area contributed by atoms with E-state index in [4.69, 9.17) is 23.7 Å². The van der Waals surface area contributed by atoms with Gasteiger partial charge in [0.15, 0.2) is 28.5 Å². The van der Waals surface area contributed by atoms with Crippen LogP contribution in [0.3, 0.4) is 0 Å². The molecule has 3 aromatic carbocycles. The quantitative estimate of drug-likeness (QED) is 0.149. The summed E-state index contributed by atoms with van der Waals surface area (Å²) in [5.41, 5.74) is 5.98. The maximum Gasteiger partial charge on any atom is 0.333 e. The van der Waals surface area contributed by atoms with Crippen LogP contribution < -0.4 is 29.6 Å². The molecule has 0 unspecified atom stereocenters. The van der Waals surface area contributed by atoms with Gasteiger partial charge in [-0.15, -0.1) is 11.8 Å². The standard InChI is InChI=1S/C39H40N4O9S/c1-16-11-19-12-23-37(46)43-24-13-49-38(47)39(36-21(9-10-40-39)20-7-5-6-8-22(20)42-36)14-53-35(29(43)28(41-23)25(19)30(45)31(16)48-4)27-26(24)34-33(50-15-51-34)17(2)32(27)52-18(3)44/h5-8,11,23-24,28-29,35,37,40-42,45-46H,9-10,12-15H2,1-4H3/t23-,24-,28+,29-,35+,37+,39+/m0/s1. The summed E-state index contributed by atoms with van der Waals surface area (Å²) in [6.07, 6.45) is 0.166. The number of nitrogens with one attached hydrogen (secondary N) is 3. The average Bonchev–Trinajstić information content (AvgIpc) is 3.79. The molecule has 0 saturated carbocycles. The number of benzene rings is 3. The number of ether oxygens (including phenoxy) is 5. The number of H-pyrrole nitrogens is 1. The van der Waals surface area contributed by atoms with E-state index in [-0.39, 0.29) is 24.9 Å². The minimum atomic E-state index is -1.23. The zero-order chi connectivity index (χ0) is 36.5. The molecule has 0 aliphatic carbocycles. The van der Waals surface area contributed by atoms with Crippen molar-refractivity contribution in [2.75, 3.05) is 32.8 Å². The number of phenols is 1. The fourth-order valence-electron chi connectivity index (χ4n) is 10.0. The normalized spacial score (nSPS) is 29.6. The van der Waals surface area contributed by atoms with Crippen LogP contribution in [0.1, 0.15) is 68.9 Å². The molecule has 14 heteroatoms. The summed E-state index contributed by atoms with van der Waals surface area (Å²) in [7, 11) is 1.54. The van der Waals surface area contributed by atoms with Crippen LogP contribution in [0.2, 0.25) is 0 Å². The molecule has 1 aromatic heterocycles. The number of thioether (sulfide) groups is 1. The number of methoxy groups -OCH3 is 1. The van der Waals surface area contributed by atoms with E-state index in [1.165, 1.54) is 18.7 Å². The van der Waals surface area contributed by atoms with Gasteiger partial charge < -0.3 is 44.2 Å². The Hall–Kier alpha value is -4.47. The molecule has 1 spiro atoms. The molecule has 11 rings (SSSR count). The molecule has 7 aliphatic rings. The largest absolute Gasteiger partial charge is 0.504 e. The first kappa shape index (κ1) is 33.1. The third kappa shape index (κ3) is 4.47. The van der Waals surface area contributed by atoms with E-state index >= 15 is 0 Å². The van der Waals surface area contributed by atoms with Gasteiger partial charge in [0.1, 0.15) is 18.6 Å². The Kier molecular flexibility index (Phi) is 7.35. The Morgan fingerprint density at radius 1 is 1.09 bits per heavy atom. The first-order valence-corrected chi connectivity index (χ1v) is 19.1. The number of aliphatic hydroxyl groups excluding tert-OH is 1. The average molecular weight is 741 g/mol. The molecule has 0 amide bonds. The first-order chi connectivity index (χ1) is 25.6. The Morgan fingerprint density at radius 2 is 1.91 bits per heavy atom. The van der Waals surface area contributed by atoms with Gasteiger partial charge in [0, 0.05) is 58.4 Å². The minimum Gasteiger partial charge on any atom is -0.504 e. The molecule has 276 valence electrons. The number of hydrogen-bond donors (Lipinski definition) is 5. The fraction of sp³-hybridized carbons (Fsp3) is 0.436. The van der Waals surface area contributed by atoms with E-state index in [1.54, 1.807) is 7.11 Å². The van der Waals surface area contributed by atoms with E-state index in [0.29, 0.717) is 52.7 Å². The Labute approximate surface area is 309 Å². The van der Waals surface area contributed by atoms with Gasteiger partial charge in [-0.3, -0.25) is 15.0 Å². The second-order valence-electron chi connectivity index (χ2n) is 14.8. The lowest BCUT2D eigenvalue weighted by Crippen LogP contribution is -2.69. The highest BCUT2D eigenvalue weighted by Gasteiger charge is 2.60. The molecule has 4 bridgehead atoms. The van der Waals surface area contributed by atoms with Gasteiger partial charge in [0.05, 0.1) is 36.2 Å². The minimum absolute atomic E-state index is 0.0359. The lowest BCUT2D eigenvalue weighted by Gasteiger charge is -2.59. The maximum atomic E-state index is 14.7. The van der Waals surface area contributed by atoms with E-state index in [1.807, 2.05) is 43.0 Å². The monoisotopic (exact) mass is 740 g/mol. The van der Waals surface area contributed by atoms with Crippen molar-refractivity contribution >= 4 is 34.6 Å². The van der Waals surface area contributed by atoms with Crippen LogP contribution in [0.5, 0.6) is 28.7 Å². The summed E-state index contributed by atoms with van der Waals surface area (Å²) in [6, 6.07) is 7.92. The smallest absolute Gasteiger partial charge is 0.333 e. The summed E-state index contributed by atoms with van der Waals surface area (Å²) < 4.78 is 30.4. The van der Waals surface area contributed by atoms with Crippen molar-refractivity contribution in [1.82, 2.24) is 20.5 Å². The van der Waals surface area contributed by atoms with Crippen LogP contribution >= 0.6 is 11.8 Å². The third-order valence-electron chi connectivity index (χ3n) is 12.1. The summed E-state index contributed by atoms with van der Waals surface area (Å²) in [5, 5.41) is 32.1. The number of carbonyl (C=O) groups is 2. The lowest BCUT2D eigenvalue weighted by molar-refractivity contribution is -0.164. The van der Waals surface area contributed by atoms with Crippen molar-refractivity contribution in [3.8, 4) is 28.7 Å². The molecule has 2 fully saturated rings. The molecule has 8 heterocycles. The number of carbonyl (C=O) groups excluding carboxylic acids is 2. The fourth-order valence-corrected chi connectivity index (χ4v) is 11.7. The van der Waals surface area contributed by atoms with Gasteiger partial charge in [-0.05, 0) is 49.4 Å². The number of nitrogens with zero attached hydrogens (tertiary/aromatic N) is 1. The Balaban J connectivity index is 1.23. The Morgan fingerprint density at radius 3 is 2.72 bits per heavy atom. The van der Waals surface area contributed by atoms with Crippen molar-refractivity contribution in [2.45, 2.75) is 74.8 Å². The topological polar surface area (TPSA) is 164 Å². The van der Waals surface area contributed by atoms with Crippen molar-refractivity contribution in [2.24, 2.45) is 0 Å². The summed E-state index contributed by atoms with van der Waals surface area (Å²) in [6.45, 7) is 5.51. The van der Waals surface area contributed by atoms with E-state index in [0.717, 1.165) is 45.3 Å². The van der Waals surface area contributed by atoms with Crippen molar-refractivity contribution in [1.29, 1.82) is 0 Å². The number of aliphatic hydroxyl groups is 1. The third-order valence-corrected chi connectivity index (χ3v) is 13.6. The van der Waals surface area contributed by atoms with Crippen molar-refractivity contribution in [3.05, 3.63) is 75.0 Å². The van der Waals surface area contributed by atoms with Gasteiger partial charge in [-0.25, -0.2) is 4.79 Å². The molecular formula is C39H40N4O9S. The second-order valence-corrected chi connectivity index (χ2v) is 16.0. The number of para-hydroxylation sites is 1. The van der Waals surface area contributed by atoms with E-state index in [2.05, 4.69) is 21.7 Å². The van der Waals surface area contributed by atoms with Crippen LogP contribution in [0, 0.1) is 13.8 Å². The number of aryl methyl sites for hydroxylation is 1. The molecule has 7 atom stereocenters. The highest BCUT2D eigenvalue weighted by molar-refractivity contribution is 7.99. The highest BCUT2D eigenvalue weighted by atomic mass is 32.2. The molecule has 0 radical (unpaired) electrons. The van der Waals surface area contributed by atoms with Gasteiger partial charge in [-0.1, -0.05) is 24.3 Å². The van der Waals surface area contributed by atoms with Gasteiger partial charge in [0.25, 0.3) is 0 Å². The predicted octanol–water partition coefficient (Wildman–Crippen LogP) is 3.84. The van der Waals surface area contributed by atoms with Crippen LogP contribution in [-0.2, 0) is 32.7 Å². The number of rotatable bonds is 2. The maximum absolute atomic E-state index is 14.7. The van der Waals surface area contributed by atoms with Crippen LogP contribution in [0.25, 0.3) is 10.9 Å². The van der Waals surface area contributed by atoms with Crippen LogP contribution in [0.4, 0.5) is 0 Å². The molecule has 2 saturated heterocycles. The molecule has 5 N–H and O–H groups in total. The summed E-state index contributed by atoms with van der Waals surface area (Å²) >= 11 is 1.53. The van der Waals surface area contributed by atoms with Crippen molar-refractivity contribution < 1.29 is 43.5 Å². The zero-order valence-electron chi connectivity index (χ0n) is 29.7. The first-order valence-electron chi connectivity index (χ1n) is 18.0. The zero-order valence-corrected chi connectivity index (χ0v) is 30.5. The molecule has 53 heavy (non-hydrogen) atoms. The summed E-state index contributed by atoms with van der Waals surface area (Å²) in [5.74, 6) is 1.07. The van der Waals surface area contributed by atoms with Gasteiger partial charge >= 0.3 is 11.9 Å². The number of phenolic OH excluding ortho intramolecular Hbond substituents is 1. The van der Waals surface area contributed by atoms with Crippen molar-refractivity contribution in [3.63, 3.8) is 0 Å². The van der Waals surface area contributed by atoms with Crippen LogP contribution in [0.15, 0.2) is 30.3 Å². The number of aromatic hydroxyl groups is 1. The molecule has 4 aromatic rings. The van der Waals surface area contributed by atoms with Gasteiger partial charge in [-0.2, -0.15) is 0 Å². The number of fused-ring (bicyclic) bond motifs is 11. The molecular weight excluding hydrogens is 701 g/mol. The SMILES string of the molecule is COc1c(C)cc2c(c1O)[C@H]1N[C@@H](C2)[C@@H](O)N2[C@@H]1[C@@H]1SC[C@]3(NCCc4c3[nH]c3ccccc43)C(=O)OC[C@H]2c2c3c(c(C)c(OC(C)=O)c21)OCO3. The Bertz CT molecular complexity index is 2260. The van der Waals surface area contributed by atoms with Crippen LogP contribution in [-0.4, -0.2) is 83.2 Å². The van der Waals surface area contributed by atoms with E-state index < -0.39 is 53.1 Å². The number of piperazine rings is 1. The van der Waals surface area contributed by atoms with E-state index in [9.17, 15) is 19.8 Å². The molecule has 7 aliphatic heterocycles. The number of aromatic nitrogens is 1.